The van der Waals surface area contributed by atoms with Crippen LogP contribution in [-0.4, -0.2) is 48.7 Å². The highest BCUT2D eigenvalue weighted by Gasteiger charge is 2.28. The summed E-state index contributed by atoms with van der Waals surface area (Å²) < 4.78 is 11.7. The third-order valence-electron chi connectivity index (χ3n) is 4.01. The lowest BCUT2D eigenvalue weighted by molar-refractivity contribution is 0.0894. The van der Waals surface area contributed by atoms with Gasteiger partial charge in [-0.05, 0) is 17.7 Å². The summed E-state index contributed by atoms with van der Waals surface area (Å²) in [6.07, 6.45) is 1.60. The van der Waals surface area contributed by atoms with Crippen LogP contribution >= 0.6 is 0 Å². The molecule has 0 spiro atoms. The molecule has 1 aromatic carbocycles. The van der Waals surface area contributed by atoms with Gasteiger partial charge in [-0.2, -0.15) is 0 Å². The Morgan fingerprint density at radius 2 is 2.12 bits per heavy atom. The second-order valence-electron chi connectivity index (χ2n) is 5.65. The fourth-order valence-corrected chi connectivity index (χ4v) is 2.69. The van der Waals surface area contributed by atoms with E-state index in [1.54, 1.807) is 25.0 Å². The van der Waals surface area contributed by atoms with Crippen LogP contribution in [0.1, 0.15) is 32.7 Å². The van der Waals surface area contributed by atoms with Crippen molar-refractivity contribution in [3.8, 4) is 5.75 Å². The normalized spacial score (nSPS) is 16.1. The van der Waals surface area contributed by atoms with E-state index in [1.165, 1.54) is 0 Å². The Labute approximate surface area is 145 Å². The molecule has 1 unspecified atom stereocenters. The number of carbonyl (C=O) groups excluding carboxylic acids is 2. The van der Waals surface area contributed by atoms with Crippen molar-refractivity contribution in [2.45, 2.75) is 12.6 Å². The Morgan fingerprint density at radius 3 is 2.80 bits per heavy atom. The maximum absolute atomic E-state index is 12.3. The first-order valence-electron chi connectivity index (χ1n) is 7.91. The molecule has 0 radical (unpaired) electrons. The number of aromatic nitrogens is 2. The van der Waals surface area contributed by atoms with Gasteiger partial charge in [-0.15, -0.1) is 0 Å². The molecule has 2 amide bonds. The molecule has 2 aromatic rings. The van der Waals surface area contributed by atoms with Crippen molar-refractivity contribution in [2.24, 2.45) is 0 Å². The van der Waals surface area contributed by atoms with Crippen molar-refractivity contribution in [2.75, 3.05) is 27.4 Å². The van der Waals surface area contributed by atoms with E-state index in [9.17, 15) is 9.59 Å². The molecule has 3 rings (SSSR count). The van der Waals surface area contributed by atoms with E-state index >= 15 is 0 Å². The first kappa shape index (κ1) is 17.0. The monoisotopic (exact) mass is 344 g/mol. The average molecular weight is 344 g/mol. The van der Waals surface area contributed by atoms with Crippen LogP contribution in [0.2, 0.25) is 0 Å². The summed E-state index contributed by atoms with van der Waals surface area (Å²) in [5.74, 6) is 0.363. The van der Waals surface area contributed by atoms with Crippen molar-refractivity contribution >= 4 is 11.8 Å². The molecule has 0 aliphatic carbocycles. The molecular formula is C17H20N4O4. The van der Waals surface area contributed by atoms with Crippen LogP contribution in [0, 0.1) is 0 Å². The summed E-state index contributed by atoms with van der Waals surface area (Å²) in [6, 6.07) is 7.32. The minimum atomic E-state index is -0.326. The van der Waals surface area contributed by atoms with Gasteiger partial charge in [-0.25, -0.2) is 4.98 Å². The molecule has 2 heterocycles. The number of carbonyl (C=O) groups is 2. The fraction of sp³-hybridized carbons (Fsp3) is 0.353. The van der Waals surface area contributed by atoms with Crippen molar-refractivity contribution in [3.05, 3.63) is 47.5 Å². The summed E-state index contributed by atoms with van der Waals surface area (Å²) in [7, 11) is 3.17. The average Bonchev–Trinajstić information content (AvgIpc) is 3.07. The SMILES string of the molecule is COCCNC(=O)c1cn2c(n1)C(=O)NC(c1ccc(OC)cc1)C2. The van der Waals surface area contributed by atoms with Crippen molar-refractivity contribution in [1.82, 2.24) is 20.2 Å². The van der Waals surface area contributed by atoms with Gasteiger partial charge in [0.15, 0.2) is 5.82 Å². The van der Waals surface area contributed by atoms with E-state index in [2.05, 4.69) is 15.6 Å². The van der Waals surface area contributed by atoms with Crippen LogP contribution in [0.15, 0.2) is 30.5 Å². The Morgan fingerprint density at radius 1 is 1.36 bits per heavy atom. The molecule has 132 valence electrons. The van der Waals surface area contributed by atoms with E-state index < -0.39 is 0 Å². The highest BCUT2D eigenvalue weighted by atomic mass is 16.5. The fourth-order valence-electron chi connectivity index (χ4n) is 2.69. The summed E-state index contributed by atoms with van der Waals surface area (Å²) in [6.45, 7) is 1.31. The minimum Gasteiger partial charge on any atom is -0.497 e. The van der Waals surface area contributed by atoms with Crippen LogP contribution in [0.25, 0.3) is 0 Å². The molecular weight excluding hydrogens is 324 g/mol. The van der Waals surface area contributed by atoms with Gasteiger partial charge in [0.25, 0.3) is 11.8 Å². The molecule has 2 N–H and O–H groups in total. The molecule has 1 aliphatic heterocycles. The molecule has 1 aromatic heterocycles. The number of ether oxygens (including phenoxy) is 2. The largest absolute Gasteiger partial charge is 0.497 e. The van der Waals surface area contributed by atoms with Gasteiger partial charge in [0.1, 0.15) is 11.4 Å². The smallest absolute Gasteiger partial charge is 0.287 e. The molecule has 0 saturated carbocycles. The van der Waals surface area contributed by atoms with Gasteiger partial charge >= 0.3 is 0 Å². The van der Waals surface area contributed by atoms with Crippen LogP contribution in [0.5, 0.6) is 5.75 Å². The Balaban J connectivity index is 1.75. The van der Waals surface area contributed by atoms with Gasteiger partial charge < -0.3 is 24.7 Å². The lowest BCUT2D eigenvalue weighted by Gasteiger charge is -2.25. The van der Waals surface area contributed by atoms with Crippen molar-refractivity contribution in [3.63, 3.8) is 0 Å². The lowest BCUT2D eigenvalue weighted by atomic mass is 10.1. The number of methoxy groups -OCH3 is 2. The number of nitrogens with zero attached hydrogens (tertiary/aromatic N) is 2. The van der Waals surface area contributed by atoms with E-state index in [0.29, 0.717) is 19.7 Å². The number of hydrogen-bond acceptors (Lipinski definition) is 5. The molecule has 25 heavy (non-hydrogen) atoms. The number of imidazole rings is 1. The number of nitrogens with one attached hydrogen (secondary N) is 2. The first-order valence-corrected chi connectivity index (χ1v) is 7.91. The molecule has 1 aliphatic rings. The zero-order chi connectivity index (χ0) is 17.8. The molecule has 0 fully saturated rings. The molecule has 0 bridgehead atoms. The zero-order valence-corrected chi connectivity index (χ0v) is 14.1. The molecule has 1 atom stereocenters. The lowest BCUT2D eigenvalue weighted by Crippen LogP contribution is -2.38. The second-order valence-corrected chi connectivity index (χ2v) is 5.65. The van der Waals surface area contributed by atoms with Crippen molar-refractivity contribution < 1.29 is 19.1 Å². The third-order valence-corrected chi connectivity index (χ3v) is 4.01. The Bertz CT molecular complexity index is 769. The molecule has 0 saturated heterocycles. The van der Waals surface area contributed by atoms with E-state index in [-0.39, 0.29) is 29.4 Å². The summed E-state index contributed by atoms with van der Waals surface area (Å²) in [4.78, 5) is 28.5. The second kappa shape index (κ2) is 7.35. The van der Waals surface area contributed by atoms with Crippen LogP contribution < -0.4 is 15.4 Å². The van der Waals surface area contributed by atoms with E-state index in [1.807, 2.05) is 24.3 Å². The Kier molecular flexibility index (Phi) is 4.99. The quantitative estimate of drug-likeness (QED) is 0.754. The number of amides is 2. The maximum atomic E-state index is 12.3. The highest BCUT2D eigenvalue weighted by molar-refractivity contribution is 5.96. The van der Waals surface area contributed by atoms with Crippen LogP contribution in [0.3, 0.4) is 0 Å². The summed E-state index contributed by atoms with van der Waals surface area (Å²) >= 11 is 0. The first-order chi connectivity index (χ1) is 12.1. The maximum Gasteiger partial charge on any atom is 0.287 e. The molecule has 8 nitrogen and oxygen atoms in total. The van der Waals surface area contributed by atoms with Gasteiger partial charge in [0.05, 0.1) is 19.8 Å². The van der Waals surface area contributed by atoms with Crippen LogP contribution in [0.4, 0.5) is 0 Å². The van der Waals surface area contributed by atoms with E-state index in [4.69, 9.17) is 9.47 Å². The van der Waals surface area contributed by atoms with Gasteiger partial charge in [0.2, 0.25) is 0 Å². The van der Waals surface area contributed by atoms with Gasteiger partial charge in [0, 0.05) is 26.4 Å². The standard InChI is InChI=1S/C17H20N4O4/c1-24-8-7-18-16(22)14-10-21-9-13(20-17(23)15(21)19-14)11-3-5-12(25-2)6-4-11/h3-6,10,13H,7-9H2,1-2H3,(H,18,22)(H,20,23). The zero-order valence-electron chi connectivity index (χ0n) is 14.1. The molecule has 8 heteroatoms. The number of benzene rings is 1. The highest BCUT2D eigenvalue weighted by Crippen LogP contribution is 2.23. The van der Waals surface area contributed by atoms with Gasteiger partial charge in [-0.3, -0.25) is 9.59 Å². The van der Waals surface area contributed by atoms with Crippen molar-refractivity contribution in [1.29, 1.82) is 0 Å². The van der Waals surface area contributed by atoms with Crippen LogP contribution in [-0.2, 0) is 11.3 Å². The predicted molar refractivity (Wildman–Crippen MR) is 89.6 cm³/mol. The minimum absolute atomic E-state index is 0.190. The summed E-state index contributed by atoms with van der Waals surface area (Å²) in [5.41, 5.74) is 1.18. The number of rotatable bonds is 6. The van der Waals surface area contributed by atoms with Gasteiger partial charge in [-0.1, -0.05) is 12.1 Å². The predicted octanol–water partition coefficient (Wildman–Crippen LogP) is 0.753. The summed E-state index contributed by atoms with van der Waals surface area (Å²) in [5, 5.41) is 5.61. The number of fused-ring (bicyclic) bond motifs is 1. The third kappa shape index (κ3) is 3.63. The van der Waals surface area contributed by atoms with E-state index in [0.717, 1.165) is 11.3 Å². The Hall–Kier alpha value is -2.87. The number of hydrogen-bond donors (Lipinski definition) is 2. The topological polar surface area (TPSA) is 94.5 Å².